The molecule has 3 aliphatic rings. The van der Waals surface area contributed by atoms with Crippen molar-refractivity contribution in [2.75, 3.05) is 46.0 Å². The van der Waals surface area contributed by atoms with Gasteiger partial charge in [0, 0.05) is 50.0 Å². The predicted octanol–water partition coefficient (Wildman–Crippen LogP) is 3.01. The third-order valence-electron chi connectivity index (χ3n) is 9.08. The highest BCUT2D eigenvalue weighted by Crippen LogP contribution is 2.31. The lowest BCUT2D eigenvalue weighted by Gasteiger charge is -2.43. The summed E-state index contributed by atoms with van der Waals surface area (Å²) in [5.41, 5.74) is 8.50. The standard InChI is InChI=1S/C31H48N6O4S/c1-23(24(2)33-21-28-11-8-12-29(41-28)25-9-6-5-7-10-25)30(34-22-32)31(38)37-19-15-27(16-20-37)36-17-13-26(14-18-36)35(3)42(4,39)40/h5-7,9-10,22,26-29,33H,2,8,11-21H2,1,3-4H3,(H2,32,34)/b30-23-/t28-,29+/m1/s1. The van der Waals surface area contributed by atoms with E-state index in [1.165, 1.54) is 22.5 Å². The normalized spacial score (nSPS) is 24.1. The minimum atomic E-state index is -3.18. The summed E-state index contributed by atoms with van der Waals surface area (Å²) in [4.78, 5) is 22.1. The molecule has 0 aromatic heterocycles. The van der Waals surface area contributed by atoms with Crippen molar-refractivity contribution in [2.45, 2.75) is 76.2 Å². The van der Waals surface area contributed by atoms with Crippen LogP contribution in [0.25, 0.3) is 0 Å². The Morgan fingerprint density at radius 2 is 1.79 bits per heavy atom. The maximum atomic E-state index is 13.6. The van der Waals surface area contributed by atoms with Crippen molar-refractivity contribution in [3.8, 4) is 0 Å². The number of likely N-dealkylation sites (tertiary alicyclic amines) is 2. The molecule has 1 aromatic rings. The van der Waals surface area contributed by atoms with E-state index >= 15 is 0 Å². The lowest BCUT2D eigenvalue weighted by atomic mass is 9.97. The second kappa shape index (κ2) is 14.6. The van der Waals surface area contributed by atoms with Crippen LogP contribution in [0.3, 0.4) is 0 Å². The molecule has 0 bridgehead atoms. The Bertz CT molecular complexity index is 1240. The van der Waals surface area contributed by atoms with Crippen LogP contribution >= 0.6 is 0 Å². The summed E-state index contributed by atoms with van der Waals surface area (Å²) >= 11 is 0. The Labute approximate surface area is 251 Å². The van der Waals surface area contributed by atoms with Gasteiger partial charge in [0.15, 0.2) is 0 Å². The molecule has 3 N–H and O–H groups in total. The van der Waals surface area contributed by atoms with Gasteiger partial charge in [-0.05, 0) is 70.5 Å². The number of carbonyl (C=O) groups excluding carboxylic acids is 1. The summed E-state index contributed by atoms with van der Waals surface area (Å²) < 4.78 is 31.7. The highest BCUT2D eigenvalue weighted by atomic mass is 32.2. The summed E-state index contributed by atoms with van der Waals surface area (Å²) in [6.45, 7) is 9.67. The van der Waals surface area contributed by atoms with Gasteiger partial charge in [0.1, 0.15) is 5.70 Å². The number of nitrogens with two attached hydrogens (primary N) is 1. The molecule has 3 saturated heterocycles. The average Bonchev–Trinajstić information content (AvgIpc) is 3.01. The number of carbonyl (C=O) groups is 1. The van der Waals surface area contributed by atoms with Crippen LogP contribution < -0.4 is 11.1 Å². The molecule has 0 spiro atoms. The molecule has 3 heterocycles. The van der Waals surface area contributed by atoms with Gasteiger partial charge in [-0.2, -0.15) is 0 Å². The van der Waals surface area contributed by atoms with E-state index in [1.807, 2.05) is 30.0 Å². The first-order valence-electron chi connectivity index (χ1n) is 15.1. The van der Waals surface area contributed by atoms with E-state index in [1.54, 1.807) is 7.05 Å². The van der Waals surface area contributed by atoms with Gasteiger partial charge in [0.2, 0.25) is 10.0 Å². The Hall–Kier alpha value is -2.73. The van der Waals surface area contributed by atoms with Crippen molar-refractivity contribution >= 4 is 22.3 Å². The highest BCUT2D eigenvalue weighted by molar-refractivity contribution is 7.88. The predicted molar refractivity (Wildman–Crippen MR) is 167 cm³/mol. The molecule has 2 atom stereocenters. The lowest BCUT2D eigenvalue weighted by Crippen LogP contribution is -2.52. The van der Waals surface area contributed by atoms with E-state index in [4.69, 9.17) is 10.5 Å². The first-order valence-corrected chi connectivity index (χ1v) is 17.0. The summed E-state index contributed by atoms with van der Waals surface area (Å²) in [5.74, 6) is -0.137. The molecule has 1 amide bonds. The van der Waals surface area contributed by atoms with Gasteiger partial charge >= 0.3 is 0 Å². The summed E-state index contributed by atoms with van der Waals surface area (Å²) in [7, 11) is -1.51. The molecule has 0 radical (unpaired) electrons. The molecular weight excluding hydrogens is 552 g/mol. The number of nitrogens with zero attached hydrogens (tertiary/aromatic N) is 4. The minimum Gasteiger partial charge on any atom is -0.390 e. The molecule has 3 fully saturated rings. The van der Waals surface area contributed by atoms with Crippen molar-refractivity contribution in [2.24, 2.45) is 10.7 Å². The summed E-state index contributed by atoms with van der Waals surface area (Å²) in [5, 5.41) is 3.38. The van der Waals surface area contributed by atoms with Crippen molar-refractivity contribution < 1.29 is 17.9 Å². The van der Waals surface area contributed by atoms with Crippen LogP contribution in [0.15, 0.2) is 58.9 Å². The van der Waals surface area contributed by atoms with Gasteiger partial charge in [-0.25, -0.2) is 17.7 Å². The van der Waals surface area contributed by atoms with E-state index < -0.39 is 10.0 Å². The Balaban J connectivity index is 1.28. The fraction of sp³-hybridized carbons (Fsp3) is 0.613. The van der Waals surface area contributed by atoms with Crippen LogP contribution in [0.2, 0.25) is 0 Å². The molecule has 0 aliphatic carbocycles. The highest BCUT2D eigenvalue weighted by Gasteiger charge is 2.33. The molecule has 11 heteroatoms. The van der Waals surface area contributed by atoms with E-state index in [2.05, 4.69) is 33.9 Å². The van der Waals surface area contributed by atoms with E-state index in [0.717, 1.165) is 58.0 Å². The first kappa shape index (κ1) is 32.2. The molecule has 42 heavy (non-hydrogen) atoms. The van der Waals surface area contributed by atoms with Crippen molar-refractivity contribution in [1.29, 1.82) is 0 Å². The smallest absolute Gasteiger partial charge is 0.272 e. The second-order valence-electron chi connectivity index (χ2n) is 11.8. The van der Waals surface area contributed by atoms with Crippen LogP contribution in [0.4, 0.5) is 0 Å². The molecule has 232 valence electrons. The number of benzene rings is 1. The number of rotatable bonds is 10. The SMILES string of the molecule is C=C(NC[C@H]1CCC[C@@H](c2ccccc2)O1)/C(C)=C(\N=C/N)C(=O)N1CCC(N2CCC(N(C)S(C)(=O)=O)CC2)CC1. The van der Waals surface area contributed by atoms with Crippen LogP contribution in [0.1, 0.15) is 63.5 Å². The number of ether oxygens (including phenoxy) is 1. The third-order valence-corrected chi connectivity index (χ3v) is 10.4. The zero-order valence-corrected chi connectivity index (χ0v) is 26.2. The number of piperidine rings is 2. The van der Waals surface area contributed by atoms with Crippen LogP contribution in [0.5, 0.6) is 0 Å². The zero-order valence-electron chi connectivity index (χ0n) is 25.4. The number of allylic oxidation sites excluding steroid dienone is 1. The van der Waals surface area contributed by atoms with Crippen LogP contribution in [0, 0.1) is 0 Å². The molecule has 1 aromatic carbocycles. The Morgan fingerprint density at radius 3 is 2.40 bits per heavy atom. The summed E-state index contributed by atoms with van der Waals surface area (Å²) in [6, 6.07) is 10.8. The average molecular weight is 601 g/mol. The topological polar surface area (TPSA) is 121 Å². The van der Waals surface area contributed by atoms with Gasteiger partial charge in [-0.15, -0.1) is 0 Å². The largest absolute Gasteiger partial charge is 0.390 e. The Morgan fingerprint density at radius 1 is 1.12 bits per heavy atom. The number of sulfonamides is 1. The van der Waals surface area contributed by atoms with Gasteiger partial charge in [-0.1, -0.05) is 36.9 Å². The zero-order chi connectivity index (χ0) is 30.3. The fourth-order valence-corrected chi connectivity index (χ4v) is 7.08. The summed E-state index contributed by atoms with van der Waals surface area (Å²) in [6.07, 6.45) is 9.07. The Kier molecular flexibility index (Phi) is 11.2. The minimum absolute atomic E-state index is 0.0550. The van der Waals surface area contributed by atoms with E-state index in [0.29, 0.717) is 42.6 Å². The molecule has 4 rings (SSSR count). The molecule has 3 aliphatic heterocycles. The van der Waals surface area contributed by atoms with Crippen LogP contribution in [-0.4, -0.2) is 99.0 Å². The molecule has 0 saturated carbocycles. The van der Waals surface area contributed by atoms with Crippen molar-refractivity contribution in [3.63, 3.8) is 0 Å². The second-order valence-corrected chi connectivity index (χ2v) is 13.8. The monoisotopic (exact) mass is 600 g/mol. The van der Waals surface area contributed by atoms with Crippen LogP contribution in [-0.2, 0) is 19.6 Å². The molecule has 10 nitrogen and oxygen atoms in total. The number of hydrogen-bond donors (Lipinski definition) is 2. The number of amides is 1. The maximum Gasteiger partial charge on any atom is 0.272 e. The number of aliphatic imine (C=N–C) groups is 1. The van der Waals surface area contributed by atoms with Crippen molar-refractivity contribution in [1.82, 2.24) is 19.4 Å². The number of nitrogens with one attached hydrogen (secondary N) is 1. The lowest BCUT2D eigenvalue weighted by molar-refractivity contribution is -0.128. The number of hydrogen-bond acceptors (Lipinski definition) is 7. The van der Waals surface area contributed by atoms with E-state index in [9.17, 15) is 13.2 Å². The fourth-order valence-electron chi connectivity index (χ4n) is 6.33. The quantitative estimate of drug-likeness (QED) is 0.183. The first-order chi connectivity index (χ1) is 20.1. The van der Waals surface area contributed by atoms with Crippen molar-refractivity contribution in [3.05, 3.63) is 59.4 Å². The van der Waals surface area contributed by atoms with Gasteiger partial charge in [-0.3, -0.25) is 4.79 Å². The molecule has 0 unspecified atom stereocenters. The molecular formula is C31H48N6O4S. The van der Waals surface area contributed by atoms with Gasteiger partial charge in [0.05, 0.1) is 24.8 Å². The maximum absolute atomic E-state index is 13.6. The third kappa shape index (κ3) is 8.21. The van der Waals surface area contributed by atoms with Gasteiger partial charge < -0.3 is 25.6 Å². The van der Waals surface area contributed by atoms with E-state index in [-0.39, 0.29) is 24.2 Å². The van der Waals surface area contributed by atoms with Gasteiger partial charge in [0.25, 0.3) is 5.91 Å².